The predicted molar refractivity (Wildman–Crippen MR) is 54.0 cm³/mol. The first-order valence-electron chi connectivity index (χ1n) is 5.19. The van der Waals surface area contributed by atoms with Crippen LogP contribution in [0.4, 0.5) is 0 Å². The molecule has 0 radical (unpaired) electrons. The SMILES string of the molecule is O=C(O)[C@H]1C[C@@]12CCOc1ccccc12. The van der Waals surface area contributed by atoms with E-state index < -0.39 is 5.97 Å². The highest BCUT2D eigenvalue weighted by atomic mass is 16.5. The van der Waals surface area contributed by atoms with Crippen molar-refractivity contribution >= 4 is 5.97 Å². The van der Waals surface area contributed by atoms with Crippen LogP contribution in [0.1, 0.15) is 18.4 Å². The molecule has 15 heavy (non-hydrogen) atoms. The molecule has 0 bridgehead atoms. The summed E-state index contributed by atoms with van der Waals surface area (Å²) < 4.78 is 5.53. The summed E-state index contributed by atoms with van der Waals surface area (Å²) in [6.07, 6.45) is 1.60. The number of fused-ring (bicyclic) bond motifs is 2. The lowest BCUT2D eigenvalue weighted by molar-refractivity contribution is -0.139. The molecule has 3 nitrogen and oxygen atoms in total. The normalized spacial score (nSPS) is 31.9. The number of para-hydroxylation sites is 1. The van der Waals surface area contributed by atoms with Gasteiger partial charge in [0, 0.05) is 11.0 Å². The van der Waals surface area contributed by atoms with Crippen LogP contribution in [0, 0.1) is 5.92 Å². The highest BCUT2D eigenvalue weighted by molar-refractivity contribution is 5.78. The van der Waals surface area contributed by atoms with Crippen molar-refractivity contribution in [3.05, 3.63) is 29.8 Å². The van der Waals surface area contributed by atoms with Crippen LogP contribution in [0.15, 0.2) is 24.3 Å². The summed E-state index contributed by atoms with van der Waals surface area (Å²) >= 11 is 0. The molecule has 0 amide bonds. The molecule has 0 unspecified atom stereocenters. The molecular weight excluding hydrogens is 192 g/mol. The zero-order valence-electron chi connectivity index (χ0n) is 8.27. The topological polar surface area (TPSA) is 46.5 Å². The molecule has 2 aliphatic rings. The fourth-order valence-corrected chi connectivity index (χ4v) is 2.68. The van der Waals surface area contributed by atoms with E-state index in [9.17, 15) is 4.79 Å². The van der Waals surface area contributed by atoms with Crippen LogP contribution in [0.25, 0.3) is 0 Å². The minimum atomic E-state index is -0.674. The first-order valence-corrected chi connectivity index (χ1v) is 5.19. The minimum absolute atomic E-state index is 0.124. The third-order valence-corrected chi connectivity index (χ3v) is 3.60. The Morgan fingerprint density at radius 2 is 2.27 bits per heavy atom. The lowest BCUT2D eigenvalue weighted by Gasteiger charge is -2.26. The monoisotopic (exact) mass is 204 g/mol. The highest BCUT2D eigenvalue weighted by Gasteiger charge is 2.61. The molecule has 1 N–H and O–H groups in total. The molecule has 0 aromatic heterocycles. The Morgan fingerprint density at radius 3 is 3.00 bits per heavy atom. The molecule has 1 saturated carbocycles. The standard InChI is InChI=1S/C12H12O3/c13-11(14)9-7-12(9)5-6-15-10-4-2-1-3-8(10)12/h1-4,9H,5-7H2,(H,13,14)/t9-,12-/m1/s1. The maximum absolute atomic E-state index is 11.0. The molecule has 1 aliphatic heterocycles. The number of aliphatic carboxylic acids is 1. The van der Waals surface area contributed by atoms with E-state index in [4.69, 9.17) is 9.84 Å². The molecule has 2 atom stereocenters. The number of rotatable bonds is 1. The Kier molecular flexibility index (Phi) is 1.61. The summed E-state index contributed by atoms with van der Waals surface area (Å²) in [6.45, 7) is 0.640. The van der Waals surface area contributed by atoms with Crippen molar-refractivity contribution in [2.75, 3.05) is 6.61 Å². The summed E-state index contributed by atoms with van der Waals surface area (Å²) in [7, 11) is 0. The van der Waals surface area contributed by atoms with Gasteiger partial charge in [-0.1, -0.05) is 18.2 Å². The van der Waals surface area contributed by atoms with Gasteiger partial charge in [0.2, 0.25) is 0 Å². The van der Waals surface area contributed by atoms with Crippen molar-refractivity contribution in [1.29, 1.82) is 0 Å². The maximum Gasteiger partial charge on any atom is 0.307 e. The number of ether oxygens (including phenoxy) is 1. The average molecular weight is 204 g/mol. The third-order valence-electron chi connectivity index (χ3n) is 3.60. The van der Waals surface area contributed by atoms with Gasteiger partial charge in [-0.3, -0.25) is 4.79 Å². The third kappa shape index (κ3) is 1.09. The van der Waals surface area contributed by atoms with Gasteiger partial charge in [-0.15, -0.1) is 0 Å². The quantitative estimate of drug-likeness (QED) is 0.758. The van der Waals surface area contributed by atoms with Crippen LogP contribution in [0.3, 0.4) is 0 Å². The first-order chi connectivity index (χ1) is 7.24. The smallest absolute Gasteiger partial charge is 0.307 e. The summed E-state index contributed by atoms with van der Waals surface area (Å²) in [5.74, 6) is -0.0123. The lowest BCUT2D eigenvalue weighted by Crippen LogP contribution is -2.23. The van der Waals surface area contributed by atoms with Gasteiger partial charge in [-0.2, -0.15) is 0 Å². The average Bonchev–Trinajstić information content (AvgIpc) is 2.95. The lowest BCUT2D eigenvalue weighted by atomic mass is 9.87. The number of carbonyl (C=O) groups is 1. The molecule has 78 valence electrons. The molecule has 3 heteroatoms. The van der Waals surface area contributed by atoms with E-state index in [1.807, 2.05) is 24.3 Å². The zero-order chi connectivity index (χ0) is 10.5. The molecule has 1 aliphatic carbocycles. The number of hydrogen-bond acceptors (Lipinski definition) is 2. The molecule has 1 aromatic carbocycles. The number of benzene rings is 1. The second-order valence-corrected chi connectivity index (χ2v) is 4.35. The molecule has 1 fully saturated rings. The van der Waals surface area contributed by atoms with E-state index >= 15 is 0 Å². The Morgan fingerprint density at radius 1 is 1.47 bits per heavy atom. The fraction of sp³-hybridized carbons (Fsp3) is 0.417. The summed E-state index contributed by atoms with van der Waals surface area (Å²) in [6, 6.07) is 7.80. The van der Waals surface area contributed by atoms with E-state index in [-0.39, 0.29) is 11.3 Å². The maximum atomic E-state index is 11.0. The minimum Gasteiger partial charge on any atom is -0.493 e. The van der Waals surface area contributed by atoms with E-state index in [0.717, 1.165) is 24.2 Å². The Balaban J connectivity index is 2.05. The van der Waals surface area contributed by atoms with Crippen LogP contribution in [-0.4, -0.2) is 17.7 Å². The molecule has 1 aromatic rings. The van der Waals surface area contributed by atoms with E-state index in [1.54, 1.807) is 0 Å². The van der Waals surface area contributed by atoms with Crippen molar-refractivity contribution in [2.45, 2.75) is 18.3 Å². The summed E-state index contributed by atoms with van der Waals surface area (Å²) in [4.78, 5) is 11.0. The van der Waals surface area contributed by atoms with Crippen LogP contribution < -0.4 is 4.74 Å². The van der Waals surface area contributed by atoms with Crippen LogP contribution in [0.5, 0.6) is 5.75 Å². The molecule has 0 saturated heterocycles. The zero-order valence-corrected chi connectivity index (χ0v) is 8.27. The summed E-state index contributed by atoms with van der Waals surface area (Å²) in [5.41, 5.74) is 0.962. The van der Waals surface area contributed by atoms with E-state index in [2.05, 4.69) is 0 Å². The number of carboxylic acid groups (broad SMARTS) is 1. The molecule has 1 heterocycles. The van der Waals surface area contributed by atoms with Gasteiger partial charge < -0.3 is 9.84 Å². The second-order valence-electron chi connectivity index (χ2n) is 4.35. The first kappa shape index (κ1) is 8.77. The second kappa shape index (κ2) is 2.75. The van der Waals surface area contributed by atoms with Gasteiger partial charge in [-0.05, 0) is 18.9 Å². The van der Waals surface area contributed by atoms with Crippen LogP contribution in [-0.2, 0) is 10.2 Å². The molecular formula is C12H12O3. The Hall–Kier alpha value is -1.51. The largest absolute Gasteiger partial charge is 0.493 e. The van der Waals surface area contributed by atoms with Gasteiger partial charge in [-0.25, -0.2) is 0 Å². The van der Waals surface area contributed by atoms with Crippen LogP contribution in [0.2, 0.25) is 0 Å². The van der Waals surface area contributed by atoms with Crippen molar-refractivity contribution in [3.63, 3.8) is 0 Å². The van der Waals surface area contributed by atoms with Crippen molar-refractivity contribution in [2.24, 2.45) is 5.92 Å². The van der Waals surface area contributed by atoms with E-state index in [0.29, 0.717) is 6.61 Å². The number of hydrogen-bond donors (Lipinski definition) is 1. The van der Waals surface area contributed by atoms with Gasteiger partial charge in [0.15, 0.2) is 0 Å². The van der Waals surface area contributed by atoms with Gasteiger partial charge in [0.05, 0.1) is 12.5 Å². The molecule has 3 rings (SSSR count). The van der Waals surface area contributed by atoms with Gasteiger partial charge >= 0.3 is 5.97 Å². The number of carboxylic acids is 1. The Labute approximate surface area is 87.7 Å². The van der Waals surface area contributed by atoms with E-state index in [1.165, 1.54) is 0 Å². The van der Waals surface area contributed by atoms with Crippen molar-refractivity contribution in [1.82, 2.24) is 0 Å². The molecule has 1 spiro atoms. The predicted octanol–water partition coefficient (Wildman–Crippen LogP) is 1.81. The van der Waals surface area contributed by atoms with Crippen molar-refractivity contribution in [3.8, 4) is 5.75 Å². The van der Waals surface area contributed by atoms with Crippen molar-refractivity contribution < 1.29 is 14.6 Å². The van der Waals surface area contributed by atoms with Gasteiger partial charge in [0.25, 0.3) is 0 Å². The highest BCUT2D eigenvalue weighted by Crippen LogP contribution is 2.60. The summed E-state index contributed by atoms with van der Waals surface area (Å²) in [5, 5.41) is 9.06. The Bertz CT molecular complexity index is 427. The van der Waals surface area contributed by atoms with Gasteiger partial charge in [0.1, 0.15) is 5.75 Å². The fourth-order valence-electron chi connectivity index (χ4n) is 2.68. The van der Waals surface area contributed by atoms with Crippen LogP contribution >= 0.6 is 0 Å².